The summed E-state index contributed by atoms with van der Waals surface area (Å²) in [6, 6.07) is 19.2. The highest BCUT2D eigenvalue weighted by molar-refractivity contribution is 8.00. The molecule has 1 unspecified atom stereocenters. The van der Waals surface area contributed by atoms with E-state index in [1.807, 2.05) is 17.8 Å². The monoisotopic (exact) mass is 256 g/mol. The van der Waals surface area contributed by atoms with Gasteiger partial charge in [0, 0.05) is 5.75 Å². The second-order valence-corrected chi connectivity index (χ2v) is 6.06. The highest BCUT2D eigenvalue weighted by atomic mass is 32.2. The number of benzene rings is 2. The SMILES string of the molecule is CC1(c2ccc(-c3ccccc3)cc2)OCCS1. The maximum absolute atomic E-state index is 5.84. The van der Waals surface area contributed by atoms with E-state index in [1.165, 1.54) is 16.7 Å². The molecule has 1 fully saturated rings. The molecule has 0 bridgehead atoms. The van der Waals surface area contributed by atoms with E-state index >= 15 is 0 Å². The van der Waals surface area contributed by atoms with E-state index < -0.39 is 0 Å². The van der Waals surface area contributed by atoms with Crippen LogP contribution < -0.4 is 0 Å². The average Bonchev–Trinajstić information content (AvgIpc) is 2.88. The van der Waals surface area contributed by atoms with Crippen LogP contribution in [0.2, 0.25) is 0 Å². The predicted molar refractivity (Wildman–Crippen MR) is 77.6 cm³/mol. The molecule has 1 aliphatic heterocycles. The minimum atomic E-state index is -0.158. The topological polar surface area (TPSA) is 9.23 Å². The van der Waals surface area contributed by atoms with Crippen LogP contribution in [0, 0.1) is 0 Å². The summed E-state index contributed by atoms with van der Waals surface area (Å²) >= 11 is 1.88. The molecule has 1 atom stereocenters. The van der Waals surface area contributed by atoms with Crippen LogP contribution in [0.25, 0.3) is 11.1 Å². The quantitative estimate of drug-likeness (QED) is 0.792. The van der Waals surface area contributed by atoms with Crippen LogP contribution in [0.1, 0.15) is 12.5 Å². The van der Waals surface area contributed by atoms with Gasteiger partial charge in [0.15, 0.2) is 0 Å². The van der Waals surface area contributed by atoms with Gasteiger partial charge in [-0.05, 0) is 23.6 Å². The Morgan fingerprint density at radius 2 is 1.61 bits per heavy atom. The van der Waals surface area contributed by atoms with Gasteiger partial charge in [0.25, 0.3) is 0 Å². The maximum atomic E-state index is 5.84. The van der Waals surface area contributed by atoms with Crippen molar-refractivity contribution in [2.24, 2.45) is 0 Å². The Labute approximate surface area is 112 Å². The van der Waals surface area contributed by atoms with Gasteiger partial charge in [0.05, 0.1) is 6.61 Å². The fraction of sp³-hybridized carbons (Fsp3) is 0.250. The van der Waals surface area contributed by atoms with E-state index in [0.717, 1.165) is 12.4 Å². The van der Waals surface area contributed by atoms with Crippen molar-refractivity contribution in [2.45, 2.75) is 11.9 Å². The molecule has 0 aromatic heterocycles. The molecular weight excluding hydrogens is 240 g/mol. The Morgan fingerprint density at radius 3 is 2.22 bits per heavy atom. The molecule has 1 aliphatic rings. The number of hydrogen-bond acceptors (Lipinski definition) is 2. The van der Waals surface area contributed by atoms with Crippen molar-refractivity contribution >= 4 is 11.8 Å². The van der Waals surface area contributed by atoms with Gasteiger partial charge >= 0.3 is 0 Å². The highest BCUT2D eigenvalue weighted by Gasteiger charge is 2.32. The Morgan fingerprint density at radius 1 is 0.944 bits per heavy atom. The van der Waals surface area contributed by atoms with Gasteiger partial charge in [0.1, 0.15) is 4.93 Å². The van der Waals surface area contributed by atoms with Crippen molar-refractivity contribution < 1.29 is 4.74 Å². The lowest BCUT2D eigenvalue weighted by Gasteiger charge is -2.22. The van der Waals surface area contributed by atoms with Crippen molar-refractivity contribution in [3.63, 3.8) is 0 Å². The standard InChI is InChI=1S/C16H16OS/c1-16(17-11-12-18-16)15-9-7-14(8-10-15)13-5-3-2-4-6-13/h2-10H,11-12H2,1H3. The molecule has 0 saturated carbocycles. The Balaban J connectivity index is 1.90. The lowest BCUT2D eigenvalue weighted by Crippen LogP contribution is -2.15. The molecule has 3 rings (SSSR count). The van der Waals surface area contributed by atoms with Gasteiger partial charge in [-0.2, -0.15) is 0 Å². The smallest absolute Gasteiger partial charge is 0.136 e. The molecule has 18 heavy (non-hydrogen) atoms. The minimum absolute atomic E-state index is 0.158. The summed E-state index contributed by atoms with van der Waals surface area (Å²) in [6.07, 6.45) is 0. The van der Waals surface area contributed by atoms with Gasteiger partial charge in [-0.1, -0.05) is 54.6 Å². The summed E-state index contributed by atoms with van der Waals surface area (Å²) in [5, 5.41) is 0. The third-order valence-electron chi connectivity index (χ3n) is 3.35. The second-order valence-electron chi connectivity index (χ2n) is 4.59. The summed E-state index contributed by atoms with van der Waals surface area (Å²) in [5.41, 5.74) is 3.77. The number of ether oxygens (including phenoxy) is 1. The zero-order chi connectivity index (χ0) is 12.4. The molecule has 0 radical (unpaired) electrons. The molecule has 1 heterocycles. The van der Waals surface area contributed by atoms with Gasteiger partial charge < -0.3 is 4.74 Å². The first-order chi connectivity index (χ1) is 8.78. The lowest BCUT2D eigenvalue weighted by atomic mass is 10.0. The van der Waals surface area contributed by atoms with Gasteiger partial charge in [-0.3, -0.25) is 0 Å². The largest absolute Gasteiger partial charge is 0.359 e. The summed E-state index contributed by atoms with van der Waals surface area (Å²) in [7, 11) is 0. The van der Waals surface area contributed by atoms with E-state index in [9.17, 15) is 0 Å². The van der Waals surface area contributed by atoms with Crippen LogP contribution in [-0.4, -0.2) is 12.4 Å². The molecule has 0 aliphatic carbocycles. The molecule has 2 aromatic rings. The van der Waals surface area contributed by atoms with Crippen LogP contribution in [-0.2, 0) is 9.67 Å². The molecule has 92 valence electrons. The Bertz CT molecular complexity index is 513. The van der Waals surface area contributed by atoms with Crippen molar-refractivity contribution in [2.75, 3.05) is 12.4 Å². The van der Waals surface area contributed by atoms with Crippen molar-refractivity contribution in [1.29, 1.82) is 0 Å². The van der Waals surface area contributed by atoms with Crippen molar-refractivity contribution in [3.05, 3.63) is 60.2 Å². The molecular formula is C16H16OS. The number of thioether (sulfide) groups is 1. The Kier molecular flexibility index (Phi) is 3.14. The Hall–Kier alpha value is -1.25. The third-order valence-corrected chi connectivity index (χ3v) is 4.63. The van der Waals surface area contributed by atoms with Crippen molar-refractivity contribution in [3.8, 4) is 11.1 Å². The van der Waals surface area contributed by atoms with Gasteiger partial charge in [-0.25, -0.2) is 0 Å². The highest BCUT2D eigenvalue weighted by Crippen LogP contribution is 2.42. The van der Waals surface area contributed by atoms with E-state index in [1.54, 1.807) is 0 Å². The zero-order valence-electron chi connectivity index (χ0n) is 10.4. The van der Waals surface area contributed by atoms with Crippen LogP contribution in [0.15, 0.2) is 54.6 Å². The normalized spacial score (nSPS) is 23.2. The van der Waals surface area contributed by atoms with Crippen LogP contribution >= 0.6 is 11.8 Å². The van der Waals surface area contributed by atoms with E-state index in [4.69, 9.17) is 4.74 Å². The molecule has 1 nitrogen and oxygen atoms in total. The predicted octanol–water partition coefficient (Wildman–Crippen LogP) is 4.29. The summed E-state index contributed by atoms with van der Waals surface area (Å²) in [4.78, 5) is -0.158. The lowest BCUT2D eigenvalue weighted by molar-refractivity contribution is 0.0644. The van der Waals surface area contributed by atoms with Crippen LogP contribution in [0.4, 0.5) is 0 Å². The molecule has 2 aromatic carbocycles. The molecule has 2 heteroatoms. The first kappa shape index (κ1) is 11.8. The number of hydrogen-bond donors (Lipinski definition) is 0. The first-order valence-electron chi connectivity index (χ1n) is 6.22. The molecule has 0 N–H and O–H groups in total. The fourth-order valence-corrected chi connectivity index (χ4v) is 3.30. The van der Waals surface area contributed by atoms with E-state index in [-0.39, 0.29) is 4.93 Å². The summed E-state index contributed by atoms with van der Waals surface area (Å²) in [6.45, 7) is 3.00. The van der Waals surface area contributed by atoms with Gasteiger partial charge in [-0.15, -0.1) is 11.8 Å². The third kappa shape index (κ3) is 2.18. The van der Waals surface area contributed by atoms with Crippen LogP contribution in [0.5, 0.6) is 0 Å². The maximum Gasteiger partial charge on any atom is 0.136 e. The molecule has 0 spiro atoms. The fourth-order valence-electron chi connectivity index (χ4n) is 2.28. The second kappa shape index (κ2) is 4.79. The summed E-state index contributed by atoms with van der Waals surface area (Å²) < 4.78 is 5.84. The van der Waals surface area contributed by atoms with Crippen molar-refractivity contribution in [1.82, 2.24) is 0 Å². The van der Waals surface area contributed by atoms with Gasteiger partial charge in [0.2, 0.25) is 0 Å². The minimum Gasteiger partial charge on any atom is -0.359 e. The average molecular weight is 256 g/mol. The zero-order valence-corrected chi connectivity index (χ0v) is 11.2. The van der Waals surface area contributed by atoms with Crippen LogP contribution in [0.3, 0.4) is 0 Å². The first-order valence-corrected chi connectivity index (χ1v) is 7.20. The van der Waals surface area contributed by atoms with E-state index in [2.05, 4.69) is 55.5 Å². The molecule has 0 amide bonds. The number of rotatable bonds is 2. The molecule has 1 saturated heterocycles. The van der Waals surface area contributed by atoms with E-state index in [0.29, 0.717) is 0 Å². The summed E-state index contributed by atoms with van der Waals surface area (Å²) in [5.74, 6) is 1.08.